The second-order valence-corrected chi connectivity index (χ2v) is 4.24. The van der Waals surface area contributed by atoms with Crippen molar-refractivity contribution in [2.24, 2.45) is 0 Å². The first-order valence-electron chi connectivity index (χ1n) is 5.91. The lowest BCUT2D eigenvalue weighted by Crippen LogP contribution is -2.04. The van der Waals surface area contributed by atoms with E-state index in [1.54, 1.807) is 0 Å². The highest BCUT2D eigenvalue weighted by atomic mass is 16.4. The Hall–Kier alpha value is -1.61. The van der Waals surface area contributed by atoms with Crippen LogP contribution in [0.25, 0.3) is 0 Å². The molecule has 1 N–H and O–H groups in total. The van der Waals surface area contributed by atoms with Gasteiger partial charge < -0.3 is 9.73 Å². The molecular formula is C14H18N2O. The predicted molar refractivity (Wildman–Crippen MR) is 67.9 cm³/mol. The van der Waals surface area contributed by atoms with Crippen LogP contribution < -0.4 is 5.32 Å². The second kappa shape index (κ2) is 5.64. The Labute approximate surface area is 102 Å². The fraction of sp³-hybridized carbons (Fsp3) is 0.357. The molecule has 0 fully saturated rings. The summed E-state index contributed by atoms with van der Waals surface area (Å²) in [6, 6.07) is 8.62. The zero-order valence-electron chi connectivity index (χ0n) is 10.4. The van der Waals surface area contributed by atoms with E-state index >= 15 is 0 Å². The highest BCUT2D eigenvalue weighted by Crippen LogP contribution is 2.10. The van der Waals surface area contributed by atoms with Gasteiger partial charge in [0.2, 0.25) is 5.89 Å². The Morgan fingerprint density at radius 1 is 1.18 bits per heavy atom. The highest BCUT2D eigenvalue weighted by molar-refractivity contribution is 5.21. The molecule has 1 aromatic heterocycles. The van der Waals surface area contributed by atoms with Gasteiger partial charge in [-0.2, -0.15) is 0 Å². The van der Waals surface area contributed by atoms with Crippen molar-refractivity contribution in [1.82, 2.24) is 10.3 Å². The summed E-state index contributed by atoms with van der Waals surface area (Å²) in [4.78, 5) is 4.20. The van der Waals surface area contributed by atoms with E-state index in [1.165, 1.54) is 11.1 Å². The van der Waals surface area contributed by atoms with Gasteiger partial charge in [-0.1, -0.05) is 29.8 Å². The average Bonchev–Trinajstić information content (AvgIpc) is 2.77. The van der Waals surface area contributed by atoms with Gasteiger partial charge >= 0.3 is 0 Å². The van der Waals surface area contributed by atoms with Crippen LogP contribution in [0.4, 0.5) is 0 Å². The van der Waals surface area contributed by atoms with E-state index in [0.717, 1.165) is 24.5 Å². The lowest BCUT2D eigenvalue weighted by molar-refractivity contribution is 0.443. The van der Waals surface area contributed by atoms with Crippen molar-refractivity contribution in [2.45, 2.75) is 26.3 Å². The molecule has 3 nitrogen and oxygen atoms in total. The first-order valence-corrected chi connectivity index (χ1v) is 5.91. The van der Waals surface area contributed by atoms with Gasteiger partial charge in [0.1, 0.15) is 5.76 Å². The largest absolute Gasteiger partial charge is 0.444 e. The molecule has 0 aliphatic heterocycles. The van der Waals surface area contributed by atoms with Gasteiger partial charge in [0.25, 0.3) is 0 Å². The van der Waals surface area contributed by atoms with Crippen molar-refractivity contribution in [3.63, 3.8) is 0 Å². The molecule has 0 amide bonds. The van der Waals surface area contributed by atoms with Crippen LogP contribution in [0.5, 0.6) is 0 Å². The van der Waals surface area contributed by atoms with Crippen molar-refractivity contribution in [3.05, 3.63) is 53.2 Å². The van der Waals surface area contributed by atoms with Crippen LogP contribution in [0.1, 0.15) is 22.8 Å². The van der Waals surface area contributed by atoms with Gasteiger partial charge in [-0.25, -0.2) is 4.98 Å². The van der Waals surface area contributed by atoms with Crippen molar-refractivity contribution in [2.75, 3.05) is 7.05 Å². The molecule has 0 aliphatic carbocycles. The van der Waals surface area contributed by atoms with E-state index in [-0.39, 0.29) is 0 Å². The van der Waals surface area contributed by atoms with Crippen LogP contribution in [0, 0.1) is 6.92 Å². The van der Waals surface area contributed by atoms with Gasteiger partial charge in [-0.05, 0) is 26.0 Å². The maximum atomic E-state index is 5.60. The number of benzene rings is 1. The third-order valence-corrected chi connectivity index (χ3v) is 2.71. The van der Waals surface area contributed by atoms with E-state index in [9.17, 15) is 0 Å². The smallest absolute Gasteiger partial charge is 0.208 e. The number of hydrogen-bond donors (Lipinski definition) is 1. The monoisotopic (exact) mass is 230 g/mol. The molecule has 0 aliphatic rings. The van der Waals surface area contributed by atoms with Gasteiger partial charge in [-0.3, -0.25) is 0 Å². The zero-order chi connectivity index (χ0) is 12.1. The molecule has 90 valence electrons. The van der Waals surface area contributed by atoms with Crippen molar-refractivity contribution in [3.8, 4) is 0 Å². The SMILES string of the molecule is CNCc1ncc(CCc2ccc(C)cc2)o1. The number of hydrogen-bond acceptors (Lipinski definition) is 3. The number of nitrogens with zero attached hydrogens (tertiary/aromatic N) is 1. The van der Waals surface area contributed by atoms with Gasteiger partial charge in [0.05, 0.1) is 12.7 Å². The van der Waals surface area contributed by atoms with Gasteiger partial charge in [-0.15, -0.1) is 0 Å². The maximum absolute atomic E-state index is 5.60. The molecule has 2 rings (SSSR count). The summed E-state index contributed by atoms with van der Waals surface area (Å²) in [5.74, 6) is 1.71. The number of aromatic nitrogens is 1. The third kappa shape index (κ3) is 3.43. The van der Waals surface area contributed by atoms with Crippen LogP contribution in [-0.4, -0.2) is 12.0 Å². The molecule has 0 unspecified atom stereocenters. The standard InChI is InChI=1S/C14H18N2O/c1-11-3-5-12(6-4-11)7-8-13-9-16-14(17-13)10-15-2/h3-6,9,15H,7-8,10H2,1-2H3. The minimum atomic E-state index is 0.685. The van der Waals surface area contributed by atoms with E-state index in [2.05, 4.69) is 41.5 Å². The molecule has 1 heterocycles. The molecular weight excluding hydrogens is 212 g/mol. The summed E-state index contributed by atoms with van der Waals surface area (Å²) in [5.41, 5.74) is 2.63. The Morgan fingerprint density at radius 3 is 2.65 bits per heavy atom. The van der Waals surface area contributed by atoms with Crippen molar-refractivity contribution in [1.29, 1.82) is 0 Å². The molecule has 0 saturated heterocycles. The van der Waals surface area contributed by atoms with Gasteiger partial charge in [0, 0.05) is 6.42 Å². The molecule has 2 aromatic rings. The quantitative estimate of drug-likeness (QED) is 0.857. The summed E-state index contributed by atoms with van der Waals surface area (Å²) in [5, 5.41) is 3.02. The molecule has 0 atom stereocenters. The summed E-state index contributed by atoms with van der Waals surface area (Å²) >= 11 is 0. The minimum Gasteiger partial charge on any atom is -0.444 e. The molecule has 0 saturated carbocycles. The molecule has 0 bridgehead atoms. The number of aryl methyl sites for hydroxylation is 3. The van der Waals surface area contributed by atoms with Crippen LogP contribution in [0.3, 0.4) is 0 Å². The molecule has 17 heavy (non-hydrogen) atoms. The topological polar surface area (TPSA) is 38.1 Å². The summed E-state index contributed by atoms with van der Waals surface area (Å²) in [7, 11) is 1.89. The summed E-state index contributed by atoms with van der Waals surface area (Å²) in [6.45, 7) is 2.79. The predicted octanol–water partition coefficient (Wildman–Crippen LogP) is 2.49. The van der Waals surface area contributed by atoms with E-state index in [0.29, 0.717) is 6.54 Å². The van der Waals surface area contributed by atoms with Crippen LogP contribution in [-0.2, 0) is 19.4 Å². The fourth-order valence-corrected chi connectivity index (χ4v) is 1.72. The lowest BCUT2D eigenvalue weighted by Gasteiger charge is -1.99. The second-order valence-electron chi connectivity index (χ2n) is 4.24. The average molecular weight is 230 g/mol. The Morgan fingerprint density at radius 2 is 1.94 bits per heavy atom. The number of oxazole rings is 1. The van der Waals surface area contributed by atoms with Crippen molar-refractivity contribution < 1.29 is 4.42 Å². The molecule has 0 radical (unpaired) electrons. The van der Waals surface area contributed by atoms with Crippen molar-refractivity contribution >= 4 is 0 Å². The first kappa shape index (κ1) is 11.9. The Balaban J connectivity index is 1.90. The maximum Gasteiger partial charge on any atom is 0.208 e. The Bertz CT molecular complexity index is 459. The highest BCUT2D eigenvalue weighted by Gasteiger charge is 2.03. The lowest BCUT2D eigenvalue weighted by atomic mass is 10.1. The fourth-order valence-electron chi connectivity index (χ4n) is 1.72. The van der Waals surface area contributed by atoms with E-state index < -0.39 is 0 Å². The van der Waals surface area contributed by atoms with E-state index in [4.69, 9.17) is 4.42 Å². The van der Waals surface area contributed by atoms with Crippen LogP contribution in [0.15, 0.2) is 34.9 Å². The minimum absolute atomic E-state index is 0.685. The zero-order valence-corrected chi connectivity index (χ0v) is 10.4. The number of rotatable bonds is 5. The molecule has 0 spiro atoms. The Kier molecular flexibility index (Phi) is 3.94. The van der Waals surface area contributed by atoms with Crippen LogP contribution in [0.2, 0.25) is 0 Å². The molecule has 1 aromatic carbocycles. The van der Waals surface area contributed by atoms with Gasteiger partial charge in [0.15, 0.2) is 0 Å². The summed E-state index contributed by atoms with van der Waals surface area (Å²) in [6.07, 6.45) is 3.72. The molecule has 3 heteroatoms. The van der Waals surface area contributed by atoms with Crippen LogP contribution >= 0.6 is 0 Å². The third-order valence-electron chi connectivity index (χ3n) is 2.71. The normalized spacial score (nSPS) is 10.7. The first-order chi connectivity index (χ1) is 8.28. The number of nitrogens with one attached hydrogen (secondary N) is 1. The summed E-state index contributed by atoms with van der Waals surface area (Å²) < 4.78 is 5.60. The van der Waals surface area contributed by atoms with E-state index in [1.807, 2.05) is 13.2 Å².